The summed E-state index contributed by atoms with van der Waals surface area (Å²) in [6, 6.07) is 19.9. The maximum Gasteiger partial charge on any atom is 0.196 e. The van der Waals surface area contributed by atoms with Crippen LogP contribution < -0.4 is 0 Å². The van der Waals surface area contributed by atoms with E-state index in [-0.39, 0.29) is 5.92 Å². The number of nitrogens with one attached hydrogen (secondary N) is 1. The van der Waals surface area contributed by atoms with Gasteiger partial charge in [0.2, 0.25) is 0 Å². The Balaban J connectivity index is 1.75. The summed E-state index contributed by atoms with van der Waals surface area (Å²) in [5.74, 6) is 1.03. The van der Waals surface area contributed by atoms with Crippen LogP contribution in [0.15, 0.2) is 59.9 Å². The van der Waals surface area contributed by atoms with Gasteiger partial charge in [0, 0.05) is 45.5 Å². The third-order valence-corrected chi connectivity index (χ3v) is 6.09. The van der Waals surface area contributed by atoms with E-state index >= 15 is 0 Å². The number of nitriles is 2. The van der Waals surface area contributed by atoms with E-state index < -0.39 is 0 Å². The Morgan fingerprint density at radius 1 is 1.10 bits per heavy atom. The lowest BCUT2D eigenvalue weighted by atomic mass is 10.1. The Kier molecular flexibility index (Phi) is 6.04. The first-order valence-electron chi connectivity index (χ1n) is 9.38. The van der Waals surface area contributed by atoms with Crippen molar-refractivity contribution in [1.82, 2.24) is 19.7 Å². The zero-order valence-corrected chi connectivity index (χ0v) is 17.5. The summed E-state index contributed by atoms with van der Waals surface area (Å²) < 4.78 is 1.98. The van der Waals surface area contributed by atoms with Gasteiger partial charge in [0.15, 0.2) is 11.0 Å². The molecule has 30 heavy (non-hydrogen) atoms. The van der Waals surface area contributed by atoms with Crippen molar-refractivity contribution in [3.05, 3.63) is 59.8 Å². The van der Waals surface area contributed by atoms with Crippen molar-refractivity contribution in [2.24, 2.45) is 5.92 Å². The van der Waals surface area contributed by atoms with E-state index in [9.17, 15) is 5.26 Å². The maximum atomic E-state index is 9.39. The minimum absolute atomic E-state index is 0.221. The minimum Gasteiger partial charge on any atom is -0.360 e. The highest BCUT2D eigenvalue weighted by Crippen LogP contribution is 2.33. The van der Waals surface area contributed by atoms with Crippen molar-refractivity contribution in [1.29, 1.82) is 10.5 Å². The van der Waals surface area contributed by atoms with Crippen LogP contribution in [-0.2, 0) is 0 Å². The second-order valence-corrected chi connectivity index (χ2v) is 8.12. The highest BCUT2D eigenvalue weighted by atomic mass is 35.5. The first-order valence-corrected chi connectivity index (χ1v) is 10.7. The lowest BCUT2D eigenvalue weighted by Crippen LogP contribution is -2.04. The normalized spacial score (nSPS) is 11.8. The molecule has 0 radical (unpaired) electrons. The summed E-state index contributed by atoms with van der Waals surface area (Å²) in [5, 5.41) is 29.5. The molecule has 4 rings (SSSR count). The summed E-state index contributed by atoms with van der Waals surface area (Å²) in [5.41, 5.74) is 2.85. The molecule has 2 aromatic heterocycles. The maximum absolute atomic E-state index is 9.39. The number of H-pyrrole nitrogens is 1. The Labute approximate surface area is 183 Å². The largest absolute Gasteiger partial charge is 0.360 e. The van der Waals surface area contributed by atoms with Crippen molar-refractivity contribution in [3.63, 3.8) is 0 Å². The lowest BCUT2D eigenvalue weighted by molar-refractivity contribution is 0.683. The Morgan fingerprint density at radius 2 is 1.90 bits per heavy atom. The molecule has 0 unspecified atom stereocenters. The molecule has 1 atom stereocenters. The summed E-state index contributed by atoms with van der Waals surface area (Å²) in [4.78, 5) is 3.28. The average molecular weight is 433 g/mol. The minimum atomic E-state index is -0.221. The van der Waals surface area contributed by atoms with E-state index in [1.807, 2.05) is 59.3 Å². The standard InChI is InChI=1S/C22H17ClN6S/c23-16-7-9-17(10-8-16)29-21(19-13-26-20-6-2-1-5-18(19)20)27-28-22(29)30-14-15(12-25)4-3-11-24/h1-2,5-10,13,15,26H,3-4,14H2/t15-/m1/s1. The highest BCUT2D eigenvalue weighted by molar-refractivity contribution is 7.99. The zero-order valence-electron chi connectivity index (χ0n) is 15.9. The molecular formula is C22H17ClN6S. The molecule has 0 saturated carbocycles. The summed E-state index contributed by atoms with van der Waals surface area (Å²) in [6.07, 6.45) is 2.84. The molecule has 0 aliphatic rings. The molecule has 4 aromatic rings. The molecule has 0 saturated heterocycles. The van der Waals surface area contributed by atoms with Crippen molar-refractivity contribution in [3.8, 4) is 29.2 Å². The SMILES string of the molecule is N#CCC[C@H](C#N)CSc1nnc(-c2c[nH]c3ccccc23)n1-c1ccc(Cl)cc1. The first kappa shape index (κ1) is 20.0. The number of aromatic amines is 1. The smallest absolute Gasteiger partial charge is 0.196 e. The average Bonchev–Trinajstić information content (AvgIpc) is 3.38. The Hall–Kier alpha value is -3.26. The first-order chi connectivity index (χ1) is 14.7. The number of hydrogen-bond donors (Lipinski definition) is 1. The zero-order chi connectivity index (χ0) is 20.9. The monoisotopic (exact) mass is 432 g/mol. The predicted octanol–water partition coefficient (Wildman–Crippen LogP) is 5.60. The second kappa shape index (κ2) is 9.04. The number of nitrogens with zero attached hydrogens (tertiary/aromatic N) is 5. The summed E-state index contributed by atoms with van der Waals surface area (Å²) >= 11 is 7.55. The van der Waals surface area contributed by atoms with Gasteiger partial charge in [0.25, 0.3) is 0 Å². The fourth-order valence-electron chi connectivity index (χ4n) is 3.22. The number of fused-ring (bicyclic) bond motifs is 1. The highest BCUT2D eigenvalue weighted by Gasteiger charge is 2.20. The number of halogens is 1. The molecule has 2 heterocycles. The van der Waals surface area contributed by atoms with Crippen molar-refractivity contribution >= 4 is 34.3 Å². The number of thioether (sulfide) groups is 1. The summed E-state index contributed by atoms with van der Waals surface area (Å²) in [7, 11) is 0. The van der Waals surface area contributed by atoms with E-state index in [4.69, 9.17) is 16.9 Å². The van der Waals surface area contributed by atoms with Crippen LogP contribution in [0.25, 0.3) is 28.0 Å². The van der Waals surface area contributed by atoms with Crippen LogP contribution in [0.4, 0.5) is 0 Å². The molecule has 148 valence electrons. The Bertz CT molecular complexity index is 1250. The number of para-hydroxylation sites is 1. The van der Waals surface area contributed by atoms with Gasteiger partial charge in [-0.05, 0) is 36.8 Å². The van der Waals surface area contributed by atoms with E-state index in [1.54, 1.807) is 0 Å². The van der Waals surface area contributed by atoms with E-state index in [1.165, 1.54) is 11.8 Å². The lowest BCUT2D eigenvalue weighted by Gasteiger charge is -2.11. The van der Waals surface area contributed by atoms with Gasteiger partial charge in [-0.15, -0.1) is 10.2 Å². The molecule has 1 N–H and O–H groups in total. The molecule has 0 aliphatic heterocycles. The molecule has 8 heteroatoms. The van der Waals surface area contributed by atoms with Gasteiger partial charge in [-0.3, -0.25) is 4.57 Å². The number of hydrogen-bond acceptors (Lipinski definition) is 5. The van der Waals surface area contributed by atoms with Gasteiger partial charge >= 0.3 is 0 Å². The van der Waals surface area contributed by atoms with Crippen LogP contribution >= 0.6 is 23.4 Å². The third-order valence-electron chi connectivity index (χ3n) is 4.75. The van der Waals surface area contributed by atoms with Crippen LogP contribution in [0.1, 0.15) is 12.8 Å². The van der Waals surface area contributed by atoms with Gasteiger partial charge < -0.3 is 4.98 Å². The molecule has 2 aromatic carbocycles. The van der Waals surface area contributed by atoms with Crippen molar-refractivity contribution in [2.45, 2.75) is 18.0 Å². The predicted molar refractivity (Wildman–Crippen MR) is 118 cm³/mol. The van der Waals surface area contributed by atoms with Gasteiger partial charge in [0.05, 0.1) is 18.1 Å². The van der Waals surface area contributed by atoms with Crippen LogP contribution in [-0.4, -0.2) is 25.5 Å². The molecule has 6 nitrogen and oxygen atoms in total. The second-order valence-electron chi connectivity index (χ2n) is 6.70. The van der Waals surface area contributed by atoms with Crippen LogP contribution in [0.2, 0.25) is 5.02 Å². The topological polar surface area (TPSA) is 94.1 Å². The van der Waals surface area contributed by atoms with E-state index in [2.05, 4.69) is 27.3 Å². The van der Waals surface area contributed by atoms with Gasteiger partial charge in [0.1, 0.15) is 0 Å². The number of aromatic nitrogens is 4. The summed E-state index contributed by atoms with van der Waals surface area (Å²) in [6.45, 7) is 0. The molecule has 0 amide bonds. The number of benzene rings is 2. The molecule has 0 spiro atoms. The van der Waals surface area contributed by atoms with Crippen LogP contribution in [0.5, 0.6) is 0 Å². The van der Waals surface area contributed by atoms with Gasteiger partial charge in [-0.1, -0.05) is 41.6 Å². The van der Waals surface area contributed by atoms with Crippen molar-refractivity contribution < 1.29 is 0 Å². The van der Waals surface area contributed by atoms with E-state index in [0.717, 1.165) is 22.2 Å². The molecular weight excluding hydrogens is 416 g/mol. The van der Waals surface area contributed by atoms with Gasteiger partial charge in [-0.25, -0.2) is 0 Å². The third kappa shape index (κ3) is 4.04. The van der Waals surface area contributed by atoms with E-state index in [0.29, 0.717) is 34.6 Å². The molecule has 0 fully saturated rings. The van der Waals surface area contributed by atoms with Crippen LogP contribution in [0.3, 0.4) is 0 Å². The molecule has 0 bridgehead atoms. The Morgan fingerprint density at radius 3 is 2.67 bits per heavy atom. The fraction of sp³-hybridized carbons (Fsp3) is 0.182. The number of rotatable bonds is 7. The fourth-order valence-corrected chi connectivity index (χ4v) is 4.35. The van der Waals surface area contributed by atoms with Gasteiger partial charge in [-0.2, -0.15) is 10.5 Å². The van der Waals surface area contributed by atoms with Crippen LogP contribution in [0, 0.1) is 28.6 Å². The molecule has 0 aliphatic carbocycles. The van der Waals surface area contributed by atoms with Crippen molar-refractivity contribution in [2.75, 3.05) is 5.75 Å². The quantitative estimate of drug-likeness (QED) is 0.383.